The standard InChI is InChI=1S/C14H14Cl2N2O2.BrH/c15-10-5-9(6-11(16)7-10)12-13(20-18-14(12)19)8-1-3-17-4-2-8;/h5-8,17H,1-4H2,(H,18,19);1H. The summed E-state index contributed by atoms with van der Waals surface area (Å²) in [5.74, 6) is 0.942. The van der Waals surface area contributed by atoms with Gasteiger partial charge in [-0.15, -0.1) is 17.0 Å². The van der Waals surface area contributed by atoms with E-state index >= 15 is 0 Å². The van der Waals surface area contributed by atoms with Crippen molar-refractivity contribution in [2.45, 2.75) is 18.8 Å². The molecule has 2 N–H and O–H groups in total. The molecule has 1 aliphatic rings. The van der Waals surface area contributed by atoms with Gasteiger partial charge in [-0.05, 0) is 49.7 Å². The quantitative estimate of drug-likeness (QED) is 0.810. The Morgan fingerprint density at radius 1 is 1.10 bits per heavy atom. The van der Waals surface area contributed by atoms with E-state index < -0.39 is 0 Å². The monoisotopic (exact) mass is 392 g/mol. The molecule has 2 heterocycles. The van der Waals surface area contributed by atoms with Crippen molar-refractivity contribution in [2.24, 2.45) is 0 Å². The van der Waals surface area contributed by atoms with Gasteiger partial charge in [0.25, 0.3) is 5.56 Å². The minimum Gasteiger partial charge on any atom is -0.383 e. The molecule has 0 amide bonds. The largest absolute Gasteiger partial charge is 0.383 e. The molecule has 2 aromatic rings. The van der Waals surface area contributed by atoms with Gasteiger partial charge in [-0.25, -0.2) is 0 Å². The smallest absolute Gasteiger partial charge is 0.288 e. The maximum absolute atomic E-state index is 12.1. The summed E-state index contributed by atoms with van der Waals surface area (Å²) in [4.78, 5) is 12.1. The molecule has 3 rings (SSSR count). The molecular weight excluding hydrogens is 379 g/mol. The van der Waals surface area contributed by atoms with Gasteiger partial charge in [-0.3, -0.25) is 4.79 Å². The number of rotatable bonds is 2. The minimum absolute atomic E-state index is 0. The lowest BCUT2D eigenvalue weighted by Crippen LogP contribution is -2.26. The average Bonchev–Trinajstić information content (AvgIpc) is 2.80. The van der Waals surface area contributed by atoms with Crippen molar-refractivity contribution >= 4 is 40.2 Å². The lowest BCUT2D eigenvalue weighted by atomic mass is 9.91. The van der Waals surface area contributed by atoms with Crippen molar-refractivity contribution < 1.29 is 4.52 Å². The second-order valence-electron chi connectivity index (χ2n) is 4.95. The van der Waals surface area contributed by atoms with E-state index in [2.05, 4.69) is 10.5 Å². The van der Waals surface area contributed by atoms with Crippen LogP contribution in [-0.4, -0.2) is 18.2 Å². The van der Waals surface area contributed by atoms with Gasteiger partial charge in [-0.2, -0.15) is 5.16 Å². The Balaban J connectivity index is 0.00000161. The van der Waals surface area contributed by atoms with Crippen molar-refractivity contribution in [3.05, 3.63) is 44.4 Å². The number of hydrogen-bond donors (Lipinski definition) is 2. The molecule has 0 saturated carbocycles. The van der Waals surface area contributed by atoms with Crippen molar-refractivity contribution in [1.29, 1.82) is 0 Å². The predicted molar refractivity (Wildman–Crippen MR) is 90.0 cm³/mol. The minimum atomic E-state index is -0.239. The van der Waals surface area contributed by atoms with Crippen LogP contribution < -0.4 is 10.9 Å². The van der Waals surface area contributed by atoms with Gasteiger partial charge in [0, 0.05) is 16.0 Å². The fourth-order valence-electron chi connectivity index (χ4n) is 2.66. The number of aromatic amines is 1. The SMILES string of the molecule is Br.O=c1[nH]oc(C2CCNCC2)c1-c1cc(Cl)cc(Cl)c1. The highest BCUT2D eigenvalue weighted by Crippen LogP contribution is 2.34. The van der Waals surface area contributed by atoms with Crippen molar-refractivity contribution in [3.8, 4) is 11.1 Å². The molecule has 0 bridgehead atoms. The molecule has 0 unspecified atom stereocenters. The summed E-state index contributed by atoms with van der Waals surface area (Å²) in [7, 11) is 0. The van der Waals surface area contributed by atoms with E-state index in [1.807, 2.05) is 0 Å². The number of nitrogens with one attached hydrogen (secondary N) is 2. The van der Waals surface area contributed by atoms with Crippen molar-refractivity contribution in [2.75, 3.05) is 13.1 Å². The second kappa shape index (κ2) is 7.01. The molecule has 0 radical (unpaired) electrons. The molecule has 1 aromatic heterocycles. The summed E-state index contributed by atoms with van der Waals surface area (Å²) in [6.07, 6.45) is 1.89. The molecule has 1 fully saturated rings. The average molecular weight is 394 g/mol. The number of piperidine rings is 1. The van der Waals surface area contributed by atoms with Gasteiger partial charge in [0.2, 0.25) is 0 Å². The zero-order valence-corrected chi connectivity index (χ0v) is 14.3. The molecule has 0 aliphatic carbocycles. The van der Waals surface area contributed by atoms with Crippen LogP contribution in [0.3, 0.4) is 0 Å². The van der Waals surface area contributed by atoms with Crippen molar-refractivity contribution in [1.82, 2.24) is 10.5 Å². The summed E-state index contributed by atoms with van der Waals surface area (Å²) in [5, 5.41) is 6.74. The van der Waals surface area contributed by atoms with Gasteiger partial charge in [0.05, 0.1) is 5.56 Å². The first-order valence-corrected chi connectivity index (χ1v) is 7.29. The number of hydrogen-bond acceptors (Lipinski definition) is 3. The first-order chi connectivity index (χ1) is 9.65. The molecule has 21 heavy (non-hydrogen) atoms. The van der Waals surface area contributed by atoms with E-state index in [9.17, 15) is 4.79 Å². The Labute approximate surface area is 142 Å². The summed E-state index contributed by atoms with van der Waals surface area (Å²) in [6.45, 7) is 1.85. The number of aromatic nitrogens is 1. The Morgan fingerprint density at radius 2 is 1.71 bits per heavy atom. The zero-order chi connectivity index (χ0) is 14.1. The molecular formula is C14H15BrCl2N2O2. The Hall–Kier alpha value is -0.750. The normalized spacial score (nSPS) is 15.7. The first-order valence-electron chi connectivity index (χ1n) is 6.53. The lowest BCUT2D eigenvalue weighted by Gasteiger charge is -2.21. The topological polar surface area (TPSA) is 58.0 Å². The maximum atomic E-state index is 12.1. The van der Waals surface area contributed by atoms with Gasteiger partial charge in [0.15, 0.2) is 0 Å². The van der Waals surface area contributed by atoms with Crippen LogP contribution in [0, 0.1) is 0 Å². The number of H-pyrrole nitrogens is 1. The van der Waals surface area contributed by atoms with Crippen LogP contribution in [0.5, 0.6) is 0 Å². The van der Waals surface area contributed by atoms with Crippen LogP contribution in [0.1, 0.15) is 24.5 Å². The van der Waals surface area contributed by atoms with E-state index in [-0.39, 0.29) is 28.5 Å². The second-order valence-corrected chi connectivity index (χ2v) is 5.83. The third kappa shape index (κ3) is 3.54. The Bertz CT molecular complexity index is 658. The molecule has 7 heteroatoms. The highest BCUT2D eigenvalue weighted by Gasteiger charge is 2.25. The fraction of sp³-hybridized carbons (Fsp3) is 0.357. The van der Waals surface area contributed by atoms with Crippen LogP contribution in [0.15, 0.2) is 27.5 Å². The molecule has 1 aliphatic heterocycles. The third-order valence-electron chi connectivity index (χ3n) is 3.59. The highest BCUT2D eigenvalue weighted by atomic mass is 79.9. The summed E-state index contributed by atoms with van der Waals surface area (Å²) >= 11 is 12.0. The first kappa shape index (κ1) is 16.6. The third-order valence-corrected chi connectivity index (χ3v) is 4.02. The summed E-state index contributed by atoms with van der Waals surface area (Å²) < 4.78 is 5.42. The lowest BCUT2D eigenvalue weighted by molar-refractivity contribution is 0.326. The number of halogens is 3. The van der Waals surface area contributed by atoms with E-state index in [1.165, 1.54) is 0 Å². The molecule has 0 spiro atoms. The van der Waals surface area contributed by atoms with Gasteiger partial charge in [0.1, 0.15) is 5.76 Å². The fourth-order valence-corrected chi connectivity index (χ4v) is 3.18. The molecule has 114 valence electrons. The molecule has 1 saturated heterocycles. The molecule has 4 nitrogen and oxygen atoms in total. The summed E-state index contributed by atoms with van der Waals surface area (Å²) in [5.41, 5.74) is 1.00. The van der Waals surface area contributed by atoms with E-state index in [4.69, 9.17) is 27.7 Å². The zero-order valence-electron chi connectivity index (χ0n) is 11.1. The van der Waals surface area contributed by atoms with Crippen LogP contribution in [-0.2, 0) is 0 Å². The van der Waals surface area contributed by atoms with Crippen LogP contribution in [0.2, 0.25) is 10.0 Å². The predicted octanol–water partition coefficient (Wildman–Crippen LogP) is 3.99. The highest BCUT2D eigenvalue weighted by molar-refractivity contribution is 8.93. The van der Waals surface area contributed by atoms with E-state index in [0.717, 1.165) is 25.9 Å². The van der Waals surface area contributed by atoms with Crippen molar-refractivity contribution in [3.63, 3.8) is 0 Å². The van der Waals surface area contributed by atoms with Crippen LogP contribution in [0.4, 0.5) is 0 Å². The maximum Gasteiger partial charge on any atom is 0.288 e. The van der Waals surface area contributed by atoms with Gasteiger partial charge < -0.3 is 9.84 Å². The van der Waals surface area contributed by atoms with Gasteiger partial charge >= 0.3 is 0 Å². The summed E-state index contributed by atoms with van der Waals surface area (Å²) in [6, 6.07) is 5.11. The van der Waals surface area contributed by atoms with E-state index in [0.29, 0.717) is 26.9 Å². The molecule has 0 atom stereocenters. The Kier molecular flexibility index (Phi) is 5.54. The van der Waals surface area contributed by atoms with Gasteiger partial charge in [-0.1, -0.05) is 23.2 Å². The van der Waals surface area contributed by atoms with E-state index in [1.54, 1.807) is 18.2 Å². The number of benzene rings is 1. The van der Waals surface area contributed by atoms with Crippen LogP contribution >= 0.6 is 40.2 Å². The van der Waals surface area contributed by atoms with Crippen LogP contribution in [0.25, 0.3) is 11.1 Å². The Morgan fingerprint density at radius 3 is 2.33 bits per heavy atom. The molecule has 1 aromatic carbocycles.